The van der Waals surface area contributed by atoms with Gasteiger partial charge < -0.3 is 5.32 Å². The maximum atomic E-state index is 12.3. The van der Waals surface area contributed by atoms with E-state index in [9.17, 15) is 5.21 Å². The number of hydroxylamine groups is 2. The van der Waals surface area contributed by atoms with E-state index in [1.165, 1.54) is 5.06 Å². The quantitative estimate of drug-likeness (QED) is 0.785. The molecule has 0 spiro atoms. The molecule has 0 aromatic carbocycles. The first kappa shape index (κ1) is 15.3. The Morgan fingerprint density at radius 1 is 1.15 bits per heavy atom. The second-order valence-electron chi connectivity index (χ2n) is 7.02. The molecule has 1 radical (unpaired) electrons. The van der Waals surface area contributed by atoms with Crippen molar-refractivity contribution in [2.75, 3.05) is 6.54 Å². The normalized spacial score (nSPS) is 25.6. The van der Waals surface area contributed by atoms with Gasteiger partial charge in [-0.25, -0.2) is 0 Å². The number of rotatable bonds is 2. The third-order valence-electron chi connectivity index (χ3n) is 4.09. The minimum Gasteiger partial charge on any atom is -0.303 e. The molecule has 1 N–H and O–H groups in total. The predicted octanol–water partition coefficient (Wildman–Crippen LogP) is 2.69. The van der Waals surface area contributed by atoms with Crippen LogP contribution in [0.3, 0.4) is 0 Å². The molecule has 1 aliphatic heterocycles. The van der Waals surface area contributed by atoms with Gasteiger partial charge in [-0.05, 0) is 40.5 Å². The van der Waals surface area contributed by atoms with Crippen LogP contribution in [0.25, 0.3) is 0 Å². The maximum Gasteiger partial charge on any atom is 0.0578 e. The fourth-order valence-corrected chi connectivity index (χ4v) is 3.30. The first-order valence-corrected chi connectivity index (χ1v) is 7.35. The summed E-state index contributed by atoms with van der Waals surface area (Å²) < 4.78 is 0. The highest BCUT2D eigenvalue weighted by Gasteiger charge is 2.45. The van der Waals surface area contributed by atoms with Gasteiger partial charge in [-0.1, -0.05) is 36.1 Å². The van der Waals surface area contributed by atoms with Crippen molar-refractivity contribution >= 4 is 0 Å². The second kappa shape index (κ2) is 5.73. The second-order valence-corrected chi connectivity index (χ2v) is 7.02. The number of hydrogen-bond donors (Lipinski definition) is 1. The van der Waals surface area contributed by atoms with Crippen LogP contribution in [0.1, 0.15) is 40.5 Å². The van der Waals surface area contributed by atoms with Crippen LogP contribution in [0.5, 0.6) is 0 Å². The van der Waals surface area contributed by atoms with Crippen molar-refractivity contribution in [3.63, 3.8) is 0 Å². The van der Waals surface area contributed by atoms with Crippen molar-refractivity contribution in [1.29, 1.82) is 0 Å². The summed E-state index contributed by atoms with van der Waals surface area (Å²) in [5.41, 5.74) is -0.631. The summed E-state index contributed by atoms with van der Waals surface area (Å²) in [6.45, 7) is 8.78. The molecule has 0 atom stereocenters. The molecule has 0 aromatic heterocycles. The van der Waals surface area contributed by atoms with Gasteiger partial charge in [-0.2, -0.15) is 0 Å². The highest BCUT2D eigenvalue weighted by Crippen LogP contribution is 2.36. The van der Waals surface area contributed by atoms with Crippen LogP contribution in [0, 0.1) is 17.8 Å². The van der Waals surface area contributed by atoms with E-state index >= 15 is 0 Å². The fourth-order valence-electron chi connectivity index (χ4n) is 3.30. The van der Waals surface area contributed by atoms with Gasteiger partial charge >= 0.3 is 0 Å². The van der Waals surface area contributed by atoms with Gasteiger partial charge in [-0.3, -0.25) is 0 Å². The number of nitrogens with zero attached hydrogens (tertiary/aromatic N) is 1. The van der Waals surface area contributed by atoms with E-state index in [-0.39, 0.29) is 17.0 Å². The average molecular weight is 273 g/mol. The molecule has 0 aromatic rings. The Balaban J connectivity index is 1.87. The van der Waals surface area contributed by atoms with Crippen molar-refractivity contribution in [1.82, 2.24) is 10.4 Å². The highest BCUT2D eigenvalue weighted by molar-refractivity contribution is 5.27. The van der Waals surface area contributed by atoms with Gasteiger partial charge in [0.05, 0.1) is 12.5 Å². The molecular weight excluding hydrogens is 248 g/mol. The third kappa shape index (κ3) is 3.52. The van der Waals surface area contributed by atoms with E-state index in [0.29, 0.717) is 12.6 Å². The predicted molar refractivity (Wildman–Crippen MR) is 81.3 cm³/mol. The molecule has 1 aliphatic carbocycles. The summed E-state index contributed by atoms with van der Waals surface area (Å²) in [5.74, 6) is 6.67. The zero-order chi connectivity index (χ0) is 14.8. The van der Waals surface area contributed by atoms with Gasteiger partial charge in [0.15, 0.2) is 0 Å². The SMILES string of the molecule is CC1(C)CC(NCC#CC2C=CC=C2)CC(C)(C)N1[O]. The lowest BCUT2D eigenvalue weighted by Gasteiger charge is -2.50. The zero-order valence-corrected chi connectivity index (χ0v) is 12.9. The number of piperidine rings is 1. The summed E-state index contributed by atoms with van der Waals surface area (Å²) in [6.07, 6.45) is 9.98. The van der Waals surface area contributed by atoms with Crippen LogP contribution in [-0.4, -0.2) is 28.7 Å². The number of nitrogens with one attached hydrogen (secondary N) is 1. The van der Waals surface area contributed by atoms with E-state index in [4.69, 9.17) is 0 Å². The molecule has 1 fully saturated rings. The van der Waals surface area contributed by atoms with Crippen LogP contribution in [0.15, 0.2) is 24.3 Å². The molecule has 20 heavy (non-hydrogen) atoms. The smallest absolute Gasteiger partial charge is 0.0578 e. The Morgan fingerprint density at radius 2 is 1.70 bits per heavy atom. The van der Waals surface area contributed by atoms with Gasteiger partial charge in [0.2, 0.25) is 0 Å². The molecule has 1 heterocycles. The van der Waals surface area contributed by atoms with Crippen LogP contribution >= 0.6 is 0 Å². The van der Waals surface area contributed by atoms with E-state index in [1.807, 2.05) is 39.8 Å². The van der Waals surface area contributed by atoms with Gasteiger partial charge in [0.25, 0.3) is 0 Å². The van der Waals surface area contributed by atoms with Crippen molar-refractivity contribution in [3.8, 4) is 11.8 Å². The topological polar surface area (TPSA) is 35.2 Å². The number of hydrogen-bond acceptors (Lipinski definition) is 2. The molecule has 0 bridgehead atoms. The molecule has 3 nitrogen and oxygen atoms in total. The zero-order valence-electron chi connectivity index (χ0n) is 12.9. The minimum absolute atomic E-state index is 0.271. The van der Waals surface area contributed by atoms with Gasteiger partial charge in [-0.15, -0.1) is 10.3 Å². The van der Waals surface area contributed by atoms with E-state index in [0.717, 1.165) is 12.8 Å². The van der Waals surface area contributed by atoms with Gasteiger partial charge in [0.1, 0.15) is 0 Å². The van der Waals surface area contributed by atoms with E-state index < -0.39 is 0 Å². The Hall–Kier alpha value is -1.08. The van der Waals surface area contributed by atoms with Crippen molar-refractivity contribution in [3.05, 3.63) is 24.3 Å². The number of allylic oxidation sites excluding steroid dienone is 4. The lowest BCUT2D eigenvalue weighted by atomic mass is 9.79. The molecule has 1 saturated heterocycles. The molecule has 3 heteroatoms. The fraction of sp³-hybridized carbons (Fsp3) is 0.647. The summed E-state index contributed by atoms with van der Waals surface area (Å²) in [6, 6.07) is 0.356. The highest BCUT2D eigenvalue weighted by atomic mass is 16.5. The first-order valence-electron chi connectivity index (χ1n) is 7.35. The minimum atomic E-state index is -0.316. The van der Waals surface area contributed by atoms with Gasteiger partial charge in [0, 0.05) is 17.1 Å². The monoisotopic (exact) mass is 273 g/mol. The lowest BCUT2D eigenvalue weighted by Crippen LogP contribution is -2.61. The standard InChI is InChI=1S/C17H25N2O/c1-16(2)12-15(13-17(3,4)19(16)20)18-11-7-10-14-8-5-6-9-14/h5-6,8-9,14-15,18H,11-13H2,1-4H3. The molecule has 109 valence electrons. The van der Waals surface area contributed by atoms with E-state index in [2.05, 4.69) is 29.3 Å². The largest absolute Gasteiger partial charge is 0.303 e. The molecule has 2 aliphatic rings. The molecule has 0 saturated carbocycles. The average Bonchev–Trinajstić information content (AvgIpc) is 2.84. The van der Waals surface area contributed by atoms with Crippen LogP contribution < -0.4 is 5.32 Å². The van der Waals surface area contributed by atoms with Crippen LogP contribution in [-0.2, 0) is 5.21 Å². The van der Waals surface area contributed by atoms with Crippen LogP contribution in [0.2, 0.25) is 0 Å². The Bertz CT molecular complexity index is 435. The Labute approximate surface area is 122 Å². The molecule has 2 rings (SSSR count). The Kier molecular flexibility index (Phi) is 4.39. The summed E-state index contributed by atoms with van der Waals surface area (Å²) in [4.78, 5) is 0. The van der Waals surface area contributed by atoms with E-state index in [1.54, 1.807) is 0 Å². The third-order valence-corrected chi connectivity index (χ3v) is 4.09. The van der Waals surface area contributed by atoms with Crippen molar-refractivity contribution in [2.45, 2.75) is 57.7 Å². The summed E-state index contributed by atoms with van der Waals surface area (Å²) in [7, 11) is 0. The molecule has 0 amide bonds. The van der Waals surface area contributed by atoms with Crippen molar-refractivity contribution < 1.29 is 5.21 Å². The maximum absolute atomic E-state index is 12.3. The summed E-state index contributed by atoms with van der Waals surface area (Å²) >= 11 is 0. The molecule has 0 unspecified atom stereocenters. The first-order chi connectivity index (χ1) is 9.31. The van der Waals surface area contributed by atoms with Crippen LogP contribution in [0.4, 0.5) is 0 Å². The van der Waals surface area contributed by atoms with Crippen molar-refractivity contribution in [2.24, 2.45) is 5.92 Å². The Morgan fingerprint density at radius 3 is 2.25 bits per heavy atom. The summed E-state index contributed by atoms with van der Waals surface area (Å²) in [5, 5.41) is 17.0. The molecular formula is C17H25N2O. The lowest BCUT2D eigenvalue weighted by molar-refractivity contribution is -0.290.